The first-order chi connectivity index (χ1) is 10.4. The van der Waals surface area contributed by atoms with E-state index in [0.29, 0.717) is 5.92 Å². The number of rotatable bonds is 6. The topological polar surface area (TPSA) is 12.0 Å². The van der Waals surface area contributed by atoms with Gasteiger partial charge in [0.15, 0.2) is 0 Å². The van der Waals surface area contributed by atoms with Gasteiger partial charge in [0.1, 0.15) is 0 Å². The van der Waals surface area contributed by atoms with Crippen molar-refractivity contribution in [3.05, 3.63) is 70.7 Å². The van der Waals surface area contributed by atoms with Crippen molar-refractivity contribution >= 4 is 11.6 Å². The van der Waals surface area contributed by atoms with Gasteiger partial charge in [-0.3, -0.25) is 0 Å². The van der Waals surface area contributed by atoms with Crippen LogP contribution in [-0.4, -0.2) is 12.1 Å². The molecule has 2 rings (SSSR count). The Hall–Kier alpha value is -1.31. The Morgan fingerprint density at radius 1 is 0.864 bits per heavy atom. The fraction of sp³-hybridized carbons (Fsp3) is 0.400. The Labute approximate surface area is 139 Å². The van der Waals surface area contributed by atoms with Crippen molar-refractivity contribution in [1.82, 2.24) is 5.32 Å². The minimum Gasteiger partial charge on any atom is -0.312 e. The second-order valence-electron chi connectivity index (χ2n) is 7.02. The molecule has 0 saturated carbocycles. The van der Waals surface area contributed by atoms with E-state index in [0.717, 1.165) is 24.4 Å². The van der Waals surface area contributed by atoms with Gasteiger partial charge in [0.2, 0.25) is 0 Å². The van der Waals surface area contributed by atoms with E-state index in [4.69, 9.17) is 11.6 Å². The Kier molecular flexibility index (Phi) is 6.05. The van der Waals surface area contributed by atoms with Crippen LogP contribution in [0.15, 0.2) is 54.6 Å². The van der Waals surface area contributed by atoms with E-state index in [1.54, 1.807) is 0 Å². The van der Waals surface area contributed by atoms with Gasteiger partial charge in [-0.1, -0.05) is 54.1 Å². The lowest BCUT2D eigenvalue weighted by atomic mass is 9.91. The minimum absolute atomic E-state index is 0.148. The molecule has 2 aromatic rings. The van der Waals surface area contributed by atoms with Crippen LogP contribution < -0.4 is 5.32 Å². The summed E-state index contributed by atoms with van der Waals surface area (Å²) >= 11 is 5.99. The van der Waals surface area contributed by atoms with Gasteiger partial charge in [-0.05, 0) is 69.3 Å². The van der Waals surface area contributed by atoms with Gasteiger partial charge >= 0.3 is 0 Å². The monoisotopic (exact) mass is 315 g/mol. The highest BCUT2D eigenvalue weighted by Gasteiger charge is 2.15. The maximum atomic E-state index is 5.99. The van der Waals surface area contributed by atoms with E-state index in [2.05, 4.69) is 68.6 Å². The number of hydrogen-bond donors (Lipinski definition) is 1. The molecular formula is C20H26ClN. The summed E-state index contributed by atoms with van der Waals surface area (Å²) in [7, 11) is 0. The molecule has 0 fully saturated rings. The van der Waals surface area contributed by atoms with E-state index >= 15 is 0 Å². The Balaban J connectivity index is 2.05. The minimum atomic E-state index is 0.148. The lowest BCUT2D eigenvalue weighted by Crippen LogP contribution is -2.40. The predicted molar refractivity (Wildman–Crippen MR) is 96.5 cm³/mol. The first kappa shape index (κ1) is 17.1. The van der Waals surface area contributed by atoms with E-state index in [1.807, 2.05) is 12.1 Å². The van der Waals surface area contributed by atoms with Crippen molar-refractivity contribution in [2.45, 2.75) is 39.2 Å². The van der Waals surface area contributed by atoms with Crippen molar-refractivity contribution in [2.75, 3.05) is 6.54 Å². The Morgan fingerprint density at radius 3 is 1.95 bits per heavy atom. The third-order valence-corrected chi connectivity index (χ3v) is 3.98. The van der Waals surface area contributed by atoms with Gasteiger partial charge in [-0.2, -0.15) is 0 Å². The highest BCUT2D eigenvalue weighted by atomic mass is 35.5. The summed E-state index contributed by atoms with van der Waals surface area (Å²) in [4.78, 5) is 0. The van der Waals surface area contributed by atoms with E-state index in [9.17, 15) is 0 Å². The first-order valence-electron chi connectivity index (χ1n) is 7.96. The molecule has 0 bridgehead atoms. The van der Waals surface area contributed by atoms with Gasteiger partial charge in [-0.15, -0.1) is 0 Å². The van der Waals surface area contributed by atoms with Crippen molar-refractivity contribution in [3.8, 4) is 0 Å². The summed E-state index contributed by atoms with van der Waals surface area (Å²) in [5.41, 5.74) is 2.90. The lowest BCUT2D eigenvalue weighted by Gasteiger charge is -2.25. The molecule has 1 N–H and O–H groups in total. The van der Waals surface area contributed by atoms with Crippen molar-refractivity contribution in [3.63, 3.8) is 0 Å². The second-order valence-corrected chi connectivity index (χ2v) is 7.45. The number of hydrogen-bond acceptors (Lipinski definition) is 1. The molecule has 0 heterocycles. The summed E-state index contributed by atoms with van der Waals surface area (Å²) < 4.78 is 0. The van der Waals surface area contributed by atoms with Crippen LogP contribution in [0.1, 0.15) is 31.9 Å². The second kappa shape index (κ2) is 7.80. The summed E-state index contributed by atoms with van der Waals surface area (Å²) in [5, 5.41) is 4.45. The van der Waals surface area contributed by atoms with Gasteiger partial charge in [0, 0.05) is 10.6 Å². The molecule has 0 amide bonds. The van der Waals surface area contributed by atoms with Crippen molar-refractivity contribution < 1.29 is 0 Å². The normalized spacial score (nSPS) is 13.1. The third-order valence-electron chi connectivity index (χ3n) is 3.73. The van der Waals surface area contributed by atoms with Crippen LogP contribution in [0, 0.1) is 5.92 Å². The summed E-state index contributed by atoms with van der Waals surface area (Å²) in [6.45, 7) is 7.67. The molecule has 22 heavy (non-hydrogen) atoms. The molecule has 0 aromatic heterocycles. The third kappa shape index (κ3) is 6.21. The molecule has 2 aromatic carbocycles. The van der Waals surface area contributed by atoms with Crippen LogP contribution in [-0.2, 0) is 12.8 Å². The largest absolute Gasteiger partial charge is 0.312 e. The van der Waals surface area contributed by atoms with E-state index in [-0.39, 0.29) is 5.54 Å². The van der Waals surface area contributed by atoms with E-state index in [1.165, 1.54) is 11.1 Å². The fourth-order valence-electron chi connectivity index (χ4n) is 2.57. The highest BCUT2D eigenvalue weighted by Crippen LogP contribution is 2.17. The van der Waals surface area contributed by atoms with Crippen LogP contribution in [0.5, 0.6) is 0 Å². The number of nitrogens with one attached hydrogen (secondary N) is 1. The average Bonchev–Trinajstić information content (AvgIpc) is 2.47. The molecular weight excluding hydrogens is 290 g/mol. The molecule has 1 nitrogen and oxygen atoms in total. The predicted octanol–water partition coefficient (Wildman–Crippen LogP) is 5.13. The average molecular weight is 316 g/mol. The van der Waals surface area contributed by atoms with Gasteiger partial charge in [0.25, 0.3) is 0 Å². The highest BCUT2D eigenvalue weighted by molar-refractivity contribution is 6.30. The van der Waals surface area contributed by atoms with Gasteiger partial charge in [0.05, 0.1) is 0 Å². The number of halogens is 1. The van der Waals surface area contributed by atoms with Crippen LogP contribution in [0.2, 0.25) is 5.02 Å². The summed E-state index contributed by atoms with van der Waals surface area (Å²) in [5.74, 6) is 0.572. The van der Waals surface area contributed by atoms with Gasteiger partial charge in [-0.25, -0.2) is 0 Å². The summed E-state index contributed by atoms with van der Waals surface area (Å²) in [6.07, 6.45) is 2.15. The zero-order valence-corrected chi connectivity index (χ0v) is 14.5. The standard InChI is InChI=1S/C20H26ClN/c1-20(2,3)22-15-18(13-16-7-5-4-6-8-16)14-17-9-11-19(21)12-10-17/h4-12,18,22H,13-15H2,1-3H3. The molecule has 118 valence electrons. The first-order valence-corrected chi connectivity index (χ1v) is 8.33. The number of benzene rings is 2. The van der Waals surface area contributed by atoms with Crippen LogP contribution in [0.25, 0.3) is 0 Å². The molecule has 0 aliphatic heterocycles. The molecule has 0 saturated heterocycles. The molecule has 1 unspecified atom stereocenters. The quantitative estimate of drug-likeness (QED) is 0.779. The van der Waals surface area contributed by atoms with Crippen molar-refractivity contribution in [2.24, 2.45) is 5.92 Å². The zero-order valence-electron chi connectivity index (χ0n) is 13.8. The van der Waals surface area contributed by atoms with Crippen molar-refractivity contribution in [1.29, 1.82) is 0 Å². The maximum Gasteiger partial charge on any atom is 0.0406 e. The van der Waals surface area contributed by atoms with Crippen LogP contribution >= 0.6 is 11.6 Å². The summed E-state index contributed by atoms with van der Waals surface area (Å²) in [6, 6.07) is 19.0. The van der Waals surface area contributed by atoms with Crippen LogP contribution in [0.3, 0.4) is 0 Å². The Bertz CT molecular complexity index is 555. The van der Waals surface area contributed by atoms with Crippen LogP contribution in [0.4, 0.5) is 0 Å². The molecule has 0 aliphatic carbocycles. The van der Waals surface area contributed by atoms with Gasteiger partial charge < -0.3 is 5.32 Å². The molecule has 0 aliphatic rings. The maximum absolute atomic E-state index is 5.99. The molecule has 2 heteroatoms. The smallest absolute Gasteiger partial charge is 0.0406 e. The van der Waals surface area contributed by atoms with E-state index < -0.39 is 0 Å². The Morgan fingerprint density at radius 2 is 1.41 bits per heavy atom. The molecule has 0 radical (unpaired) electrons. The SMILES string of the molecule is CC(C)(C)NCC(Cc1ccccc1)Cc1ccc(Cl)cc1. The fourth-order valence-corrected chi connectivity index (χ4v) is 2.69. The lowest BCUT2D eigenvalue weighted by molar-refractivity contribution is 0.367. The molecule has 1 atom stereocenters. The molecule has 0 spiro atoms. The zero-order chi connectivity index (χ0) is 16.0.